The third-order valence-electron chi connectivity index (χ3n) is 8.80. The fraction of sp³-hybridized carbons (Fsp3) is 0.364. The molecule has 0 spiro atoms. The molecule has 1 aliphatic heterocycles. The summed E-state index contributed by atoms with van der Waals surface area (Å²) in [6.45, 7) is 8.12. The third kappa shape index (κ3) is 4.79. The number of nitrogens with zero attached hydrogens (tertiary/aromatic N) is 5. The number of hydrogen-bond acceptors (Lipinski definition) is 6. The van der Waals surface area contributed by atoms with Crippen LogP contribution in [-0.2, 0) is 6.54 Å². The Morgan fingerprint density at radius 3 is 2.67 bits per heavy atom. The molecule has 0 unspecified atom stereocenters. The van der Waals surface area contributed by atoms with E-state index in [2.05, 4.69) is 63.4 Å². The van der Waals surface area contributed by atoms with Gasteiger partial charge in [-0.1, -0.05) is 67.6 Å². The second-order valence-corrected chi connectivity index (χ2v) is 11.1. The highest BCUT2D eigenvalue weighted by atomic mass is 16.3. The Balaban J connectivity index is 1.47. The smallest absolute Gasteiger partial charge is 0.170 e. The largest absolute Gasteiger partial charge is 0.395 e. The van der Waals surface area contributed by atoms with Gasteiger partial charge in [0, 0.05) is 34.3 Å². The van der Waals surface area contributed by atoms with Crippen molar-refractivity contribution < 1.29 is 5.11 Å². The van der Waals surface area contributed by atoms with Crippen molar-refractivity contribution in [3.05, 3.63) is 90.6 Å². The summed E-state index contributed by atoms with van der Waals surface area (Å²) in [6.07, 6.45) is 14.5. The lowest BCUT2D eigenvalue weighted by atomic mass is 9.71. The summed E-state index contributed by atoms with van der Waals surface area (Å²) in [4.78, 5) is 7.48. The van der Waals surface area contributed by atoms with E-state index in [1.54, 1.807) is 0 Å². The minimum Gasteiger partial charge on any atom is -0.395 e. The first-order valence-electron chi connectivity index (χ1n) is 14.5. The molecular formula is C33H38N6O. The summed E-state index contributed by atoms with van der Waals surface area (Å²) in [5.41, 5.74) is 13.4. The quantitative estimate of drug-likeness (QED) is 0.268. The minimum absolute atomic E-state index is 0.174. The van der Waals surface area contributed by atoms with Crippen LogP contribution in [0, 0.1) is 0 Å². The molecule has 7 heteroatoms. The molecule has 2 aliphatic rings. The van der Waals surface area contributed by atoms with Crippen LogP contribution in [0.1, 0.15) is 57.0 Å². The van der Waals surface area contributed by atoms with Crippen LogP contribution < -0.4 is 5.73 Å². The first kappa shape index (κ1) is 26.6. The Hall–Kier alpha value is -3.65. The minimum atomic E-state index is -0.181. The number of allylic oxidation sites excluding steroid dienone is 4. The fourth-order valence-corrected chi connectivity index (χ4v) is 6.25. The maximum absolute atomic E-state index is 9.77. The first-order chi connectivity index (χ1) is 19.5. The van der Waals surface area contributed by atoms with Crippen LogP contribution in [0.4, 0.5) is 0 Å². The normalized spacial score (nSPS) is 19.8. The lowest BCUT2D eigenvalue weighted by Gasteiger charge is -2.40. The van der Waals surface area contributed by atoms with Gasteiger partial charge in [-0.3, -0.25) is 9.30 Å². The van der Waals surface area contributed by atoms with Gasteiger partial charge in [-0.25, -0.2) is 4.98 Å². The highest BCUT2D eigenvalue weighted by molar-refractivity contribution is 5.98. The molecule has 0 radical (unpaired) electrons. The number of benzene rings is 1. The molecule has 7 nitrogen and oxygen atoms in total. The van der Waals surface area contributed by atoms with E-state index in [4.69, 9.17) is 10.7 Å². The van der Waals surface area contributed by atoms with E-state index in [9.17, 15) is 5.11 Å². The molecule has 3 N–H and O–H groups in total. The van der Waals surface area contributed by atoms with Gasteiger partial charge >= 0.3 is 0 Å². The van der Waals surface area contributed by atoms with Crippen LogP contribution in [-0.4, -0.2) is 54.3 Å². The Morgan fingerprint density at radius 2 is 1.98 bits per heavy atom. The zero-order chi connectivity index (χ0) is 27.7. The molecule has 206 valence electrons. The number of hydrogen-bond donors (Lipinski definition) is 2. The highest BCUT2D eigenvalue weighted by Crippen LogP contribution is 2.38. The van der Waals surface area contributed by atoms with E-state index >= 15 is 0 Å². The molecular weight excluding hydrogens is 496 g/mol. The van der Waals surface area contributed by atoms with Crippen LogP contribution >= 0.6 is 0 Å². The number of fused-ring (bicyclic) bond motifs is 3. The fourth-order valence-electron chi connectivity index (χ4n) is 6.25. The highest BCUT2D eigenvalue weighted by Gasteiger charge is 2.35. The molecule has 4 aromatic rings. The van der Waals surface area contributed by atoms with E-state index in [0.717, 1.165) is 83.4 Å². The van der Waals surface area contributed by atoms with Crippen molar-refractivity contribution in [2.24, 2.45) is 5.73 Å². The van der Waals surface area contributed by atoms with Gasteiger partial charge < -0.3 is 10.8 Å². The maximum atomic E-state index is 9.77. The molecule has 0 bridgehead atoms. The standard InChI is InChI=1S/C33H38N6O/c1-3-23(13-14-25(4-2)33(34)16-9-17-33)31-27(24-10-6-5-7-11-24)20-28-29(35-31)15-19-39-30(36-37-32(28)39)21-38-18-8-12-26(38)22-40/h3,5-7,10-11,13-15,19-20,26,40H,1,4,8-9,12,16-18,21-22,34H2,2H3/b23-13+,25-14+/t26-/m1/s1. The van der Waals surface area contributed by atoms with Gasteiger partial charge in [-0.15, -0.1) is 10.2 Å². The van der Waals surface area contributed by atoms with E-state index in [1.165, 1.54) is 12.0 Å². The number of aromatic nitrogens is 4. The molecule has 1 aliphatic carbocycles. The van der Waals surface area contributed by atoms with E-state index < -0.39 is 0 Å². The Kier molecular flexibility index (Phi) is 7.36. The summed E-state index contributed by atoms with van der Waals surface area (Å²) in [5.74, 6) is 0.873. The number of likely N-dealkylation sites (tertiary alicyclic amines) is 1. The third-order valence-corrected chi connectivity index (χ3v) is 8.80. The molecule has 3 aromatic heterocycles. The van der Waals surface area contributed by atoms with Crippen molar-refractivity contribution in [1.29, 1.82) is 0 Å². The van der Waals surface area contributed by atoms with E-state index in [-0.39, 0.29) is 18.2 Å². The van der Waals surface area contributed by atoms with Crippen molar-refractivity contribution in [2.45, 2.75) is 63.6 Å². The van der Waals surface area contributed by atoms with Gasteiger partial charge in [-0.05, 0) is 62.8 Å². The van der Waals surface area contributed by atoms with Crippen molar-refractivity contribution >= 4 is 22.1 Å². The number of aliphatic hydroxyl groups is 1. The van der Waals surface area contributed by atoms with Crippen LogP contribution in [0.15, 0.2) is 79.0 Å². The van der Waals surface area contributed by atoms with Gasteiger partial charge in [-0.2, -0.15) is 0 Å². The maximum Gasteiger partial charge on any atom is 0.170 e. The Morgan fingerprint density at radius 1 is 1.15 bits per heavy atom. The van der Waals surface area contributed by atoms with Crippen LogP contribution in [0.3, 0.4) is 0 Å². The Bertz CT molecular complexity index is 1600. The van der Waals surface area contributed by atoms with Crippen molar-refractivity contribution in [2.75, 3.05) is 13.2 Å². The summed E-state index contributed by atoms with van der Waals surface area (Å²) in [7, 11) is 0. The van der Waals surface area contributed by atoms with Crippen molar-refractivity contribution in [3.63, 3.8) is 0 Å². The summed E-state index contributed by atoms with van der Waals surface area (Å²) in [6, 6.07) is 14.8. The second kappa shape index (κ2) is 11.1. The molecule has 1 saturated carbocycles. The number of rotatable bonds is 9. The molecule has 40 heavy (non-hydrogen) atoms. The van der Waals surface area contributed by atoms with Gasteiger partial charge in [0.25, 0.3) is 0 Å². The average Bonchev–Trinajstić information content (AvgIpc) is 3.61. The van der Waals surface area contributed by atoms with Crippen LogP contribution in [0.5, 0.6) is 0 Å². The molecule has 1 aromatic carbocycles. The second-order valence-electron chi connectivity index (χ2n) is 11.1. The molecule has 0 amide bonds. The van der Waals surface area contributed by atoms with Crippen molar-refractivity contribution in [1.82, 2.24) is 24.5 Å². The molecule has 1 atom stereocenters. The number of nitrogens with two attached hydrogens (primary N) is 1. The summed E-state index contributed by atoms with van der Waals surface area (Å²) < 4.78 is 2.06. The average molecular weight is 535 g/mol. The summed E-state index contributed by atoms with van der Waals surface area (Å²) in [5, 5.41) is 19.9. The summed E-state index contributed by atoms with van der Waals surface area (Å²) >= 11 is 0. The van der Waals surface area contributed by atoms with Gasteiger partial charge in [0.05, 0.1) is 24.4 Å². The van der Waals surface area contributed by atoms with E-state index in [0.29, 0.717) is 6.54 Å². The van der Waals surface area contributed by atoms with Gasteiger partial charge in [0.1, 0.15) is 0 Å². The lowest BCUT2D eigenvalue weighted by Crippen LogP contribution is -2.48. The number of pyridine rings is 2. The van der Waals surface area contributed by atoms with E-state index in [1.807, 2.05) is 36.5 Å². The first-order valence-corrected chi connectivity index (χ1v) is 14.5. The van der Waals surface area contributed by atoms with Crippen LogP contribution in [0.2, 0.25) is 0 Å². The molecule has 6 rings (SSSR count). The van der Waals surface area contributed by atoms with Gasteiger partial charge in [0.15, 0.2) is 11.5 Å². The monoisotopic (exact) mass is 534 g/mol. The molecule has 2 fully saturated rings. The molecule has 1 saturated heterocycles. The topological polar surface area (TPSA) is 92.6 Å². The number of aliphatic hydroxyl groups excluding tert-OH is 1. The lowest BCUT2D eigenvalue weighted by molar-refractivity contribution is 0.151. The predicted octanol–water partition coefficient (Wildman–Crippen LogP) is 5.69. The predicted molar refractivity (Wildman–Crippen MR) is 162 cm³/mol. The zero-order valence-corrected chi connectivity index (χ0v) is 23.3. The van der Waals surface area contributed by atoms with Crippen LogP contribution in [0.25, 0.3) is 33.3 Å². The Labute approximate surface area is 235 Å². The zero-order valence-electron chi connectivity index (χ0n) is 23.3. The van der Waals surface area contributed by atoms with Crippen molar-refractivity contribution in [3.8, 4) is 11.1 Å². The molecule has 4 heterocycles. The SMILES string of the molecule is C=C/C(=C\C=C(/CC)C1(N)CCC1)c1nc2ccn3c(CN4CCC[C@@H]4CO)nnc3c2cc1-c1ccccc1. The van der Waals surface area contributed by atoms with Gasteiger partial charge in [0.2, 0.25) is 0 Å².